The van der Waals surface area contributed by atoms with Crippen molar-refractivity contribution >= 4 is 15.9 Å². The summed E-state index contributed by atoms with van der Waals surface area (Å²) in [6, 6.07) is 0. The lowest BCUT2D eigenvalue weighted by atomic mass is 9.86. The lowest BCUT2D eigenvalue weighted by molar-refractivity contribution is 0.343. The molecule has 0 aromatic carbocycles. The average Bonchev–Trinajstić information content (AvgIpc) is 1.58. The second-order valence-corrected chi connectivity index (χ2v) is 3.47. The molecule has 7 heavy (non-hydrogen) atoms. The maximum Gasteiger partial charge on any atom is 0.0152 e. The third-order valence-electron chi connectivity index (χ3n) is 1.51. The molecule has 42 valence electrons. The van der Waals surface area contributed by atoms with Crippen LogP contribution in [0.4, 0.5) is 0 Å². The molecule has 2 N–H and O–H groups in total. The van der Waals surface area contributed by atoms with Crippen LogP contribution in [0.25, 0.3) is 0 Å². The minimum absolute atomic E-state index is 0.779. The monoisotopic (exact) mass is 163 g/mol. The van der Waals surface area contributed by atoms with Crippen LogP contribution in [0.3, 0.4) is 0 Å². The number of halogens is 1. The van der Waals surface area contributed by atoms with Crippen molar-refractivity contribution in [3.05, 3.63) is 0 Å². The Bertz CT molecular complexity index is 59.1. The van der Waals surface area contributed by atoms with Gasteiger partial charge in [0.25, 0.3) is 0 Å². The first kappa shape index (κ1) is 5.57. The molecule has 0 unspecified atom stereocenters. The molecule has 0 spiro atoms. The summed E-state index contributed by atoms with van der Waals surface area (Å²) in [4.78, 5) is 0.779. The Morgan fingerprint density at radius 3 is 2.29 bits per heavy atom. The smallest absolute Gasteiger partial charge is 0.0152 e. The van der Waals surface area contributed by atoms with Crippen molar-refractivity contribution in [3.63, 3.8) is 0 Å². The van der Waals surface area contributed by atoms with Crippen LogP contribution in [-0.4, -0.2) is 11.4 Å². The van der Waals surface area contributed by atoms with Crippen molar-refractivity contribution in [1.29, 1.82) is 0 Å². The van der Waals surface area contributed by atoms with Gasteiger partial charge in [-0.3, -0.25) is 0 Å². The van der Waals surface area contributed by atoms with E-state index in [1.807, 2.05) is 0 Å². The molecular weight excluding hydrogens is 154 g/mol. The number of hydrogen-bond donors (Lipinski definition) is 1. The molecule has 0 atom stereocenters. The van der Waals surface area contributed by atoms with Crippen molar-refractivity contribution in [2.45, 2.75) is 17.7 Å². The molecule has 0 aliphatic heterocycles. The highest BCUT2D eigenvalue weighted by Crippen LogP contribution is 2.31. The molecule has 0 saturated heterocycles. The van der Waals surface area contributed by atoms with E-state index in [9.17, 15) is 0 Å². The number of nitrogens with two attached hydrogens (primary N) is 1. The predicted molar refractivity (Wildman–Crippen MR) is 34.5 cm³/mol. The minimum atomic E-state index is 0.779. The van der Waals surface area contributed by atoms with Gasteiger partial charge in [0.05, 0.1) is 0 Å². The summed E-state index contributed by atoms with van der Waals surface area (Å²) in [5, 5.41) is 0. The van der Waals surface area contributed by atoms with Crippen LogP contribution in [0.2, 0.25) is 0 Å². The highest BCUT2D eigenvalue weighted by Gasteiger charge is 2.24. The molecule has 1 fully saturated rings. The quantitative estimate of drug-likeness (QED) is 0.577. The third kappa shape index (κ3) is 1.16. The summed E-state index contributed by atoms with van der Waals surface area (Å²) in [5.74, 6) is 0.823. The number of alkyl halides is 1. The standard InChI is InChI=1S/C5H10BrN/c6-5-1-4(2-5)3-7/h4-5H,1-3,7H2. The van der Waals surface area contributed by atoms with Crippen molar-refractivity contribution in [3.8, 4) is 0 Å². The Balaban J connectivity index is 2.06. The Labute approximate surface area is 52.4 Å². The normalized spacial score (nSPS) is 40.3. The highest BCUT2D eigenvalue weighted by molar-refractivity contribution is 9.09. The fourth-order valence-electron chi connectivity index (χ4n) is 0.847. The van der Waals surface area contributed by atoms with Crippen LogP contribution >= 0.6 is 15.9 Å². The first-order valence-electron chi connectivity index (χ1n) is 2.67. The second kappa shape index (κ2) is 2.14. The molecule has 0 bridgehead atoms. The molecule has 1 aliphatic rings. The Kier molecular flexibility index (Phi) is 1.70. The van der Waals surface area contributed by atoms with E-state index in [0.29, 0.717) is 0 Å². The van der Waals surface area contributed by atoms with E-state index >= 15 is 0 Å². The molecule has 1 aliphatic carbocycles. The Morgan fingerprint density at radius 1 is 1.57 bits per heavy atom. The van der Waals surface area contributed by atoms with Crippen LogP contribution < -0.4 is 5.73 Å². The Morgan fingerprint density at radius 2 is 2.14 bits per heavy atom. The van der Waals surface area contributed by atoms with Gasteiger partial charge < -0.3 is 5.73 Å². The van der Waals surface area contributed by atoms with Crippen LogP contribution in [0.15, 0.2) is 0 Å². The van der Waals surface area contributed by atoms with Gasteiger partial charge >= 0.3 is 0 Å². The van der Waals surface area contributed by atoms with Gasteiger partial charge in [-0.15, -0.1) is 0 Å². The van der Waals surface area contributed by atoms with E-state index in [-0.39, 0.29) is 0 Å². The molecule has 2 heteroatoms. The molecule has 0 aromatic heterocycles. The van der Waals surface area contributed by atoms with Crippen molar-refractivity contribution in [2.75, 3.05) is 6.54 Å². The number of hydrogen-bond acceptors (Lipinski definition) is 1. The van der Waals surface area contributed by atoms with Crippen molar-refractivity contribution < 1.29 is 0 Å². The molecule has 0 aromatic rings. The van der Waals surface area contributed by atoms with Crippen LogP contribution in [0.1, 0.15) is 12.8 Å². The Hall–Kier alpha value is 0.440. The fraction of sp³-hybridized carbons (Fsp3) is 1.00. The molecule has 1 saturated carbocycles. The molecule has 1 rings (SSSR count). The van der Waals surface area contributed by atoms with Gasteiger partial charge in [-0.25, -0.2) is 0 Å². The third-order valence-corrected chi connectivity index (χ3v) is 2.26. The zero-order valence-electron chi connectivity index (χ0n) is 4.23. The summed E-state index contributed by atoms with van der Waals surface area (Å²) in [6.07, 6.45) is 2.58. The van der Waals surface area contributed by atoms with Gasteiger partial charge in [-0.2, -0.15) is 0 Å². The van der Waals surface area contributed by atoms with Gasteiger partial charge in [0, 0.05) is 4.83 Å². The van der Waals surface area contributed by atoms with Crippen LogP contribution in [-0.2, 0) is 0 Å². The maximum atomic E-state index is 5.38. The molecule has 1 nitrogen and oxygen atoms in total. The van der Waals surface area contributed by atoms with Gasteiger partial charge in [-0.1, -0.05) is 15.9 Å². The molecular formula is C5H10BrN. The predicted octanol–water partition coefficient (Wildman–Crippen LogP) is 1.12. The molecule has 0 amide bonds. The average molecular weight is 164 g/mol. The first-order valence-corrected chi connectivity index (χ1v) is 3.58. The van der Waals surface area contributed by atoms with Crippen LogP contribution in [0, 0.1) is 5.92 Å². The van der Waals surface area contributed by atoms with Gasteiger partial charge in [0.15, 0.2) is 0 Å². The lowest BCUT2D eigenvalue weighted by Crippen LogP contribution is -2.29. The second-order valence-electron chi connectivity index (χ2n) is 2.17. The van der Waals surface area contributed by atoms with Crippen LogP contribution in [0.5, 0.6) is 0 Å². The zero-order valence-corrected chi connectivity index (χ0v) is 5.82. The zero-order chi connectivity index (χ0) is 5.28. The number of rotatable bonds is 1. The lowest BCUT2D eigenvalue weighted by Gasteiger charge is -2.29. The summed E-state index contributed by atoms with van der Waals surface area (Å²) in [6.45, 7) is 0.877. The molecule has 0 radical (unpaired) electrons. The van der Waals surface area contributed by atoms with E-state index < -0.39 is 0 Å². The summed E-state index contributed by atoms with van der Waals surface area (Å²) < 4.78 is 0. The fourth-order valence-corrected chi connectivity index (χ4v) is 1.90. The topological polar surface area (TPSA) is 26.0 Å². The van der Waals surface area contributed by atoms with Crippen molar-refractivity contribution in [1.82, 2.24) is 0 Å². The maximum absolute atomic E-state index is 5.38. The van der Waals surface area contributed by atoms with E-state index in [2.05, 4.69) is 15.9 Å². The summed E-state index contributed by atoms with van der Waals surface area (Å²) in [7, 11) is 0. The minimum Gasteiger partial charge on any atom is -0.330 e. The summed E-state index contributed by atoms with van der Waals surface area (Å²) in [5.41, 5.74) is 5.38. The van der Waals surface area contributed by atoms with E-state index in [4.69, 9.17) is 5.73 Å². The van der Waals surface area contributed by atoms with E-state index in [1.54, 1.807) is 0 Å². The van der Waals surface area contributed by atoms with Crippen molar-refractivity contribution in [2.24, 2.45) is 11.7 Å². The van der Waals surface area contributed by atoms with E-state index in [0.717, 1.165) is 17.3 Å². The van der Waals surface area contributed by atoms with Gasteiger partial charge in [0.1, 0.15) is 0 Å². The highest BCUT2D eigenvalue weighted by atomic mass is 79.9. The SMILES string of the molecule is NCC1CC(Br)C1. The molecule has 0 heterocycles. The largest absolute Gasteiger partial charge is 0.330 e. The van der Waals surface area contributed by atoms with Gasteiger partial charge in [-0.05, 0) is 25.3 Å². The van der Waals surface area contributed by atoms with Gasteiger partial charge in [0.2, 0.25) is 0 Å². The van der Waals surface area contributed by atoms with E-state index in [1.165, 1.54) is 12.8 Å². The summed E-state index contributed by atoms with van der Waals surface area (Å²) >= 11 is 3.49. The first-order chi connectivity index (χ1) is 3.33.